The molecule has 1 aliphatic rings. The second-order valence-electron chi connectivity index (χ2n) is 6.50. The number of carbonyl (C=O) groups excluding carboxylic acids is 1. The van der Waals surface area contributed by atoms with Crippen molar-refractivity contribution >= 4 is 63.0 Å². The van der Waals surface area contributed by atoms with Crippen LogP contribution in [0.5, 0.6) is 0 Å². The highest BCUT2D eigenvalue weighted by molar-refractivity contribution is 14.0. The van der Waals surface area contributed by atoms with Crippen LogP contribution >= 0.6 is 35.3 Å². The van der Waals surface area contributed by atoms with Gasteiger partial charge in [-0.15, -0.1) is 35.3 Å². The third-order valence-electron chi connectivity index (χ3n) is 4.73. The number of aromatic nitrogens is 2. The molecular weight excluding hydrogens is 487 g/mol. The molecule has 1 saturated heterocycles. The van der Waals surface area contributed by atoms with Crippen molar-refractivity contribution in [3.05, 3.63) is 47.6 Å². The number of guanidine groups is 1. The van der Waals surface area contributed by atoms with Gasteiger partial charge in [-0.05, 0) is 22.4 Å². The SMILES string of the molecule is CN=C(NCc1csc2ccccc12)N1CCN(c2cnn(C)c2)C(=O)C1.I. The lowest BCUT2D eigenvalue weighted by atomic mass is 10.2. The van der Waals surface area contributed by atoms with Gasteiger partial charge in [0, 0.05) is 44.6 Å². The first kappa shape index (κ1) is 20.6. The number of amides is 1. The van der Waals surface area contributed by atoms with Crippen LogP contribution in [0, 0.1) is 0 Å². The van der Waals surface area contributed by atoms with Gasteiger partial charge in [0.15, 0.2) is 5.96 Å². The molecule has 1 aromatic carbocycles. The van der Waals surface area contributed by atoms with Gasteiger partial charge < -0.3 is 15.1 Å². The molecule has 2 aromatic heterocycles. The summed E-state index contributed by atoms with van der Waals surface area (Å²) >= 11 is 1.75. The third kappa shape index (κ3) is 4.14. The van der Waals surface area contributed by atoms with Crippen LogP contribution < -0.4 is 10.2 Å². The molecule has 28 heavy (non-hydrogen) atoms. The lowest BCUT2D eigenvalue weighted by Crippen LogP contribution is -2.55. The van der Waals surface area contributed by atoms with Crippen molar-refractivity contribution in [2.75, 3.05) is 31.6 Å². The first-order valence-electron chi connectivity index (χ1n) is 8.85. The molecule has 0 saturated carbocycles. The summed E-state index contributed by atoms with van der Waals surface area (Å²) in [6, 6.07) is 8.39. The zero-order valence-corrected chi connectivity index (χ0v) is 19.0. The molecule has 7 nitrogen and oxygen atoms in total. The van der Waals surface area contributed by atoms with Gasteiger partial charge in [-0.1, -0.05) is 18.2 Å². The number of aliphatic imine (C=N–C) groups is 1. The van der Waals surface area contributed by atoms with Crippen LogP contribution in [0.25, 0.3) is 10.1 Å². The van der Waals surface area contributed by atoms with Crippen LogP contribution in [-0.2, 0) is 18.4 Å². The highest BCUT2D eigenvalue weighted by Gasteiger charge is 2.27. The average molecular weight is 510 g/mol. The molecule has 1 N–H and O–H groups in total. The van der Waals surface area contributed by atoms with Crippen LogP contribution in [0.1, 0.15) is 5.56 Å². The number of carbonyl (C=O) groups is 1. The van der Waals surface area contributed by atoms with Gasteiger partial charge in [-0.3, -0.25) is 14.5 Å². The van der Waals surface area contributed by atoms with E-state index in [1.165, 1.54) is 15.6 Å². The third-order valence-corrected chi connectivity index (χ3v) is 5.75. The minimum Gasteiger partial charge on any atom is -0.352 e. The lowest BCUT2D eigenvalue weighted by molar-refractivity contribution is -0.120. The van der Waals surface area contributed by atoms with E-state index in [4.69, 9.17) is 0 Å². The summed E-state index contributed by atoms with van der Waals surface area (Å²) in [4.78, 5) is 20.8. The molecule has 0 bridgehead atoms. The Morgan fingerprint density at radius 2 is 2.14 bits per heavy atom. The highest BCUT2D eigenvalue weighted by atomic mass is 127. The molecule has 1 aliphatic heterocycles. The first-order valence-corrected chi connectivity index (χ1v) is 9.73. The van der Waals surface area contributed by atoms with Crippen molar-refractivity contribution in [2.45, 2.75) is 6.54 Å². The molecule has 0 spiro atoms. The van der Waals surface area contributed by atoms with Crippen molar-refractivity contribution < 1.29 is 4.79 Å². The number of thiophene rings is 1. The monoisotopic (exact) mass is 510 g/mol. The highest BCUT2D eigenvalue weighted by Crippen LogP contribution is 2.25. The molecule has 0 unspecified atom stereocenters. The Morgan fingerprint density at radius 3 is 2.86 bits per heavy atom. The smallest absolute Gasteiger partial charge is 0.246 e. The average Bonchev–Trinajstić information content (AvgIpc) is 3.29. The van der Waals surface area contributed by atoms with Crippen molar-refractivity contribution in [3.63, 3.8) is 0 Å². The number of nitrogens with one attached hydrogen (secondary N) is 1. The van der Waals surface area contributed by atoms with Crippen molar-refractivity contribution in [2.24, 2.45) is 12.0 Å². The summed E-state index contributed by atoms with van der Waals surface area (Å²) in [6.45, 7) is 2.34. The summed E-state index contributed by atoms with van der Waals surface area (Å²) in [5.41, 5.74) is 2.09. The molecule has 3 heterocycles. The molecule has 4 rings (SSSR count). The van der Waals surface area contributed by atoms with Crippen LogP contribution in [-0.4, -0.2) is 53.2 Å². The van der Waals surface area contributed by atoms with Gasteiger partial charge in [-0.2, -0.15) is 5.10 Å². The van der Waals surface area contributed by atoms with E-state index in [-0.39, 0.29) is 29.9 Å². The van der Waals surface area contributed by atoms with E-state index in [0.29, 0.717) is 19.6 Å². The maximum Gasteiger partial charge on any atom is 0.246 e. The Hall–Kier alpha value is -2.14. The van der Waals surface area contributed by atoms with E-state index in [1.807, 2.05) is 18.1 Å². The van der Waals surface area contributed by atoms with Crippen molar-refractivity contribution in [3.8, 4) is 0 Å². The van der Waals surface area contributed by atoms with Crippen molar-refractivity contribution in [1.29, 1.82) is 0 Å². The van der Waals surface area contributed by atoms with Gasteiger partial charge in [0.25, 0.3) is 0 Å². The first-order chi connectivity index (χ1) is 13.2. The number of hydrogen-bond donors (Lipinski definition) is 1. The summed E-state index contributed by atoms with van der Waals surface area (Å²) in [5, 5.41) is 11.0. The topological polar surface area (TPSA) is 65.8 Å². The van der Waals surface area contributed by atoms with Gasteiger partial charge in [-0.25, -0.2) is 0 Å². The van der Waals surface area contributed by atoms with Gasteiger partial charge in [0.2, 0.25) is 5.91 Å². The quantitative estimate of drug-likeness (QED) is 0.335. The molecule has 0 radical (unpaired) electrons. The zero-order chi connectivity index (χ0) is 18.8. The molecule has 148 valence electrons. The molecule has 9 heteroatoms. The fourth-order valence-corrected chi connectivity index (χ4v) is 4.31. The lowest BCUT2D eigenvalue weighted by Gasteiger charge is -2.35. The molecule has 1 amide bonds. The van der Waals surface area contributed by atoms with E-state index in [0.717, 1.165) is 18.2 Å². The van der Waals surface area contributed by atoms with E-state index < -0.39 is 0 Å². The Morgan fingerprint density at radius 1 is 1.32 bits per heavy atom. The number of anilines is 1. The molecule has 0 atom stereocenters. The number of hydrogen-bond acceptors (Lipinski definition) is 4. The van der Waals surface area contributed by atoms with Gasteiger partial charge in [0.05, 0.1) is 11.9 Å². The van der Waals surface area contributed by atoms with Crippen LogP contribution in [0.15, 0.2) is 47.0 Å². The maximum absolute atomic E-state index is 12.6. The molecular formula is C19H23IN6OS. The van der Waals surface area contributed by atoms with Gasteiger partial charge >= 0.3 is 0 Å². The Labute approximate surface area is 185 Å². The largest absolute Gasteiger partial charge is 0.352 e. The fraction of sp³-hybridized carbons (Fsp3) is 0.316. The minimum absolute atomic E-state index is 0. The number of nitrogens with zero attached hydrogens (tertiary/aromatic N) is 5. The van der Waals surface area contributed by atoms with E-state index in [2.05, 4.69) is 45.1 Å². The second-order valence-corrected chi connectivity index (χ2v) is 7.41. The van der Waals surface area contributed by atoms with E-state index in [9.17, 15) is 4.79 Å². The predicted molar refractivity (Wildman–Crippen MR) is 125 cm³/mol. The fourth-order valence-electron chi connectivity index (χ4n) is 3.35. The molecule has 1 fully saturated rings. The van der Waals surface area contributed by atoms with Crippen molar-refractivity contribution in [1.82, 2.24) is 20.0 Å². The van der Waals surface area contributed by atoms with Crippen LogP contribution in [0.4, 0.5) is 5.69 Å². The molecule has 0 aliphatic carbocycles. The minimum atomic E-state index is 0. The normalized spacial score (nSPS) is 15.1. The second kappa shape index (κ2) is 8.91. The van der Waals surface area contributed by atoms with E-state index in [1.54, 1.807) is 34.2 Å². The summed E-state index contributed by atoms with van der Waals surface area (Å²) < 4.78 is 2.99. The van der Waals surface area contributed by atoms with Crippen LogP contribution in [0.3, 0.4) is 0 Å². The Balaban J connectivity index is 0.00000225. The maximum atomic E-state index is 12.6. The Bertz CT molecular complexity index is 997. The Kier molecular flexibility index (Phi) is 6.55. The number of piperazine rings is 1. The predicted octanol–water partition coefficient (Wildman–Crippen LogP) is 2.68. The van der Waals surface area contributed by atoms with E-state index >= 15 is 0 Å². The number of aryl methyl sites for hydroxylation is 1. The van der Waals surface area contributed by atoms with Gasteiger partial charge in [0.1, 0.15) is 6.54 Å². The number of fused-ring (bicyclic) bond motifs is 1. The number of benzene rings is 1. The summed E-state index contributed by atoms with van der Waals surface area (Å²) in [5.74, 6) is 0.808. The standard InChI is InChI=1S/C19H22N6OS.HI/c1-20-19(21-9-14-13-27-17-6-4-3-5-16(14)17)24-7-8-25(18(26)12-24)15-10-22-23(2)11-15;/h3-6,10-11,13H,7-9,12H2,1-2H3,(H,20,21);1H. The zero-order valence-electron chi connectivity index (χ0n) is 15.8. The molecule has 3 aromatic rings. The number of halogens is 1. The number of rotatable bonds is 3. The van der Waals surface area contributed by atoms with Crippen LogP contribution in [0.2, 0.25) is 0 Å². The summed E-state index contributed by atoms with van der Waals surface area (Å²) in [6.07, 6.45) is 3.59. The summed E-state index contributed by atoms with van der Waals surface area (Å²) in [7, 11) is 3.61.